The maximum Gasteiger partial charge on any atom is 0.500 e. The van der Waals surface area contributed by atoms with Gasteiger partial charge in [-0.1, -0.05) is 26.6 Å². The topological polar surface area (TPSA) is 30.9 Å². The van der Waals surface area contributed by atoms with E-state index in [0.717, 1.165) is 19.0 Å². The summed E-state index contributed by atoms with van der Waals surface area (Å²) in [6, 6.07) is 0.924. The highest BCUT2D eigenvalue weighted by molar-refractivity contribution is 6.73. The fraction of sp³-hybridized carbons (Fsp3) is 1.00. The number of nitrogens with zero attached hydrogens (tertiary/aromatic N) is 1. The van der Waals surface area contributed by atoms with Gasteiger partial charge in [0.15, 0.2) is 0 Å². The predicted octanol–water partition coefficient (Wildman–Crippen LogP) is 3.97. The molecule has 4 nitrogen and oxygen atoms in total. The van der Waals surface area contributed by atoms with Crippen LogP contribution < -0.4 is 0 Å². The van der Waals surface area contributed by atoms with Crippen molar-refractivity contribution in [2.45, 2.75) is 66.2 Å². The average molecular weight is 336 g/mol. The Kier molecular flexibility index (Phi) is 11.1. The van der Waals surface area contributed by atoms with Gasteiger partial charge >= 0.3 is 8.80 Å². The Bertz CT molecular complexity index is 243. The van der Waals surface area contributed by atoms with Crippen LogP contribution in [0.1, 0.15) is 40.5 Å². The molecule has 0 unspecified atom stereocenters. The van der Waals surface area contributed by atoms with E-state index in [0.29, 0.717) is 19.8 Å². The highest BCUT2D eigenvalue weighted by Gasteiger charge is 2.40. The minimum Gasteiger partial charge on any atom is -0.374 e. The van der Waals surface area contributed by atoms with E-state index >= 15 is 0 Å². The van der Waals surface area contributed by atoms with Gasteiger partial charge in [0.2, 0.25) is 0 Å². The minimum atomic E-state index is -2.46. The van der Waals surface area contributed by atoms with Gasteiger partial charge in [0.25, 0.3) is 0 Å². The molecule has 0 aromatic rings. The van der Waals surface area contributed by atoms with Crippen molar-refractivity contribution in [3.63, 3.8) is 0 Å². The molecule has 0 aliphatic rings. The lowest BCUT2D eigenvalue weighted by molar-refractivity contribution is 0.0704. The first kappa shape index (κ1) is 21.3. The first-order chi connectivity index (χ1) is 9.85. The Labute approximate surface area is 134 Å². The molecule has 0 aromatic heterocycles. The highest BCUT2D eigenvalue weighted by Crippen LogP contribution is 2.20. The quantitative estimate of drug-likeness (QED) is 0.477. The third-order valence-corrected chi connectivity index (χ3v) is 8.94. The second kappa shape index (κ2) is 10.9. The van der Waals surface area contributed by atoms with E-state index in [1.54, 1.807) is 0 Å². The van der Waals surface area contributed by atoms with Crippen molar-refractivity contribution in [1.82, 2.24) is 4.57 Å². The van der Waals surface area contributed by atoms with Crippen LogP contribution in [0.15, 0.2) is 0 Å². The molecule has 0 aliphatic carbocycles. The third-order valence-electron chi connectivity index (χ3n) is 3.45. The Balaban J connectivity index is 4.57. The summed E-state index contributed by atoms with van der Waals surface area (Å²) in [5, 5.41) is 0. The summed E-state index contributed by atoms with van der Waals surface area (Å²) in [5.74, 6) is 0. The molecular formula is C15H37NO3Si2. The second-order valence-corrected chi connectivity index (χ2v) is 13.9. The van der Waals surface area contributed by atoms with Crippen LogP contribution in [0, 0.1) is 0 Å². The lowest BCUT2D eigenvalue weighted by atomic mass is 10.4. The fourth-order valence-corrected chi connectivity index (χ4v) is 6.86. The van der Waals surface area contributed by atoms with Crippen LogP contribution in [0.5, 0.6) is 0 Å². The Morgan fingerprint density at radius 3 is 1.57 bits per heavy atom. The molecule has 0 saturated carbocycles. The molecule has 128 valence electrons. The summed E-state index contributed by atoms with van der Waals surface area (Å²) >= 11 is 0. The summed E-state index contributed by atoms with van der Waals surface area (Å²) in [4.78, 5) is 0. The van der Waals surface area contributed by atoms with Gasteiger partial charge in [-0.3, -0.25) is 0 Å². The van der Waals surface area contributed by atoms with Crippen LogP contribution in [0.4, 0.5) is 0 Å². The van der Waals surface area contributed by atoms with E-state index in [-0.39, 0.29) is 0 Å². The third kappa shape index (κ3) is 8.47. The normalized spacial score (nSPS) is 13.1. The highest BCUT2D eigenvalue weighted by atomic mass is 28.4. The molecule has 21 heavy (non-hydrogen) atoms. The molecule has 0 rings (SSSR count). The zero-order valence-corrected chi connectivity index (χ0v) is 17.3. The second-order valence-electron chi connectivity index (χ2n) is 6.24. The van der Waals surface area contributed by atoms with Gasteiger partial charge in [-0.25, -0.2) is 0 Å². The van der Waals surface area contributed by atoms with E-state index in [1.807, 2.05) is 20.8 Å². The number of rotatable bonds is 13. The first-order valence-electron chi connectivity index (χ1n) is 8.52. The van der Waals surface area contributed by atoms with Crippen LogP contribution in [0.25, 0.3) is 0 Å². The lowest BCUT2D eigenvalue weighted by Gasteiger charge is -2.35. The number of hydrogen-bond acceptors (Lipinski definition) is 4. The van der Waals surface area contributed by atoms with Crippen molar-refractivity contribution >= 4 is 17.0 Å². The standard InChI is InChI=1S/C15H37NO3Si2/c1-8-13-16(20(5,6)7)14-12-15-21(17-9-2,18-10-3)19-11-4/h8-15H2,1-7H3. The van der Waals surface area contributed by atoms with Gasteiger partial charge < -0.3 is 17.8 Å². The molecule has 6 heteroatoms. The van der Waals surface area contributed by atoms with Crippen LogP contribution in [-0.4, -0.2) is 54.5 Å². The zero-order valence-electron chi connectivity index (χ0n) is 15.3. The lowest BCUT2D eigenvalue weighted by Crippen LogP contribution is -2.49. The summed E-state index contributed by atoms with van der Waals surface area (Å²) in [7, 11) is -3.69. The molecule has 0 amide bonds. The number of hydrogen-bond donors (Lipinski definition) is 0. The van der Waals surface area contributed by atoms with Gasteiger partial charge in [0.05, 0.1) is 0 Å². The molecule has 0 aromatic carbocycles. The average Bonchev–Trinajstić information content (AvgIpc) is 2.37. The molecule has 0 N–H and O–H groups in total. The van der Waals surface area contributed by atoms with E-state index in [1.165, 1.54) is 13.0 Å². The smallest absolute Gasteiger partial charge is 0.374 e. The van der Waals surface area contributed by atoms with Crippen LogP contribution in [-0.2, 0) is 13.3 Å². The molecule has 0 bridgehead atoms. The maximum atomic E-state index is 5.93. The first-order valence-corrected chi connectivity index (χ1v) is 13.9. The minimum absolute atomic E-state index is 0.666. The SMILES string of the molecule is CCCN(CCC[Si](OCC)(OCC)OCC)[Si](C)(C)C. The molecular weight excluding hydrogens is 298 g/mol. The Hall–Kier alpha value is 0.274. The zero-order chi connectivity index (χ0) is 16.4. The van der Waals surface area contributed by atoms with Crippen LogP contribution in [0.2, 0.25) is 25.7 Å². The Morgan fingerprint density at radius 1 is 0.762 bits per heavy atom. The molecule has 0 spiro atoms. The van der Waals surface area contributed by atoms with Crippen molar-refractivity contribution in [2.24, 2.45) is 0 Å². The molecule has 0 atom stereocenters. The maximum absolute atomic E-state index is 5.93. The van der Waals surface area contributed by atoms with Crippen molar-refractivity contribution in [3.05, 3.63) is 0 Å². The van der Waals surface area contributed by atoms with Gasteiger partial charge in [-0.05, 0) is 46.7 Å². The largest absolute Gasteiger partial charge is 0.500 e. The van der Waals surface area contributed by atoms with Gasteiger partial charge in [-0.15, -0.1) is 0 Å². The van der Waals surface area contributed by atoms with Gasteiger partial charge in [0.1, 0.15) is 8.24 Å². The summed E-state index contributed by atoms with van der Waals surface area (Å²) < 4.78 is 20.5. The Morgan fingerprint density at radius 2 is 1.24 bits per heavy atom. The fourth-order valence-electron chi connectivity index (χ4n) is 2.54. The van der Waals surface area contributed by atoms with E-state index in [2.05, 4.69) is 31.1 Å². The van der Waals surface area contributed by atoms with E-state index in [4.69, 9.17) is 13.3 Å². The van der Waals surface area contributed by atoms with Gasteiger partial charge in [-0.2, -0.15) is 0 Å². The van der Waals surface area contributed by atoms with Crippen molar-refractivity contribution in [1.29, 1.82) is 0 Å². The summed E-state index contributed by atoms with van der Waals surface area (Å²) in [6.07, 6.45) is 2.31. The van der Waals surface area contributed by atoms with E-state index in [9.17, 15) is 0 Å². The van der Waals surface area contributed by atoms with E-state index < -0.39 is 17.0 Å². The van der Waals surface area contributed by atoms with Gasteiger partial charge in [0, 0.05) is 25.9 Å². The monoisotopic (exact) mass is 335 g/mol. The summed E-state index contributed by atoms with van der Waals surface area (Å²) in [5.41, 5.74) is 0. The molecule has 0 aliphatic heterocycles. The van der Waals surface area contributed by atoms with Crippen molar-refractivity contribution < 1.29 is 13.3 Å². The molecule has 0 heterocycles. The van der Waals surface area contributed by atoms with Crippen molar-refractivity contribution in [3.8, 4) is 0 Å². The van der Waals surface area contributed by atoms with Crippen LogP contribution in [0.3, 0.4) is 0 Å². The van der Waals surface area contributed by atoms with Crippen LogP contribution >= 0.6 is 0 Å². The molecule has 0 fully saturated rings. The summed E-state index contributed by atoms with van der Waals surface area (Å²) in [6.45, 7) is 19.9. The predicted molar refractivity (Wildman–Crippen MR) is 95.3 cm³/mol. The molecule has 0 saturated heterocycles. The van der Waals surface area contributed by atoms with Crippen molar-refractivity contribution in [2.75, 3.05) is 32.9 Å². The molecule has 0 radical (unpaired) electrons.